The Hall–Kier alpha value is -2.93. The number of aryl methyl sites for hydroxylation is 1. The molecule has 1 N–H and O–H groups in total. The largest absolute Gasteiger partial charge is 0.378 e. The molecule has 1 fully saturated rings. The molecule has 0 saturated carbocycles. The predicted molar refractivity (Wildman–Crippen MR) is 100 cm³/mol. The Morgan fingerprint density at radius 2 is 2.04 bits per heavy atom. The number of hydrogen-bond acceptors (Lipinski definition) is 5. The average molecular weight is 351 g/mol. The maximum Gasteiger partial charge on any atom is 0.230 e. The summed E-state index contributed by atoms with van der Waals surface area (Å²) in [7, 11) is 1.99. The molecular weight excluding hydrogens is 330 g/mol. The Morgan fingerprint density at radius 3 is 2.88 bits per heavy atom. The molecular formula is C19H21N5O2. The second-order valence-corrected chi connectivity index (χ2v) is 6.37. The van der Waals surface area contributed by atoms with Crippen molar-refractivity contribution in [1.82, 2.24) is 14.5 Å². The second kappa shape index (κ2) is 7.13. The maximum atomic E-state index is 12.5. The molecule has 1 amide bonds. The molecule has 1 aliphatic heterocycles. The van der Waals surface area contributed by atoms with Crippen molar-refractivity contribution < 1.29 is 9.53 Å². The monoisotopic (exact) mass is 351 g/mol. The van der Waals surface area contributed by atoms with Crippen LogP contribution in [0, 0.1) is 0 Å². The number of benzene rings is 1. The molecule has 3 heterocycles. The third kappa shape index (κ3) is 3.39. The Balaban J connectivity index is 1.48. The molecule has 26 heavy (non-hydrogen) atoms. The molecule has 1 saturated heterocycles. The summed E-state index contributed by atoms with van der Waals surface area (Å²) in [6.45, 7) is 2.96. The van der Waals surface area contributed by atoms with Crippen LogP contribution in [0.3, 0.4) is 0 Å². The number of nitrogens with zero attached hydrogens (tertiary/aromatic N) is 4. The fourth-order valence-electron chi connectivity index (χ4n) is 3.31. The number of nitrogens with one attached hydrogen (secondary N) is 1. The van der Waals surface area contributed by atoms with Gasteiger partial charge in [-0.05, 0) is 11.6 Å². The van der Waals surface area contributed by atoms with E-state index in [9.17, 15) is 4.79 Å². The van der Waals surface area contributed by atoms with Gasteiger partial charge in [0.2, 0.25) is 5.91 Å². The number of aromatic nitrogens is 3. The minimum atomic E-state index is -0.0898. The first-order chi connectivity index (χ1) is 12.7. The van der Waals surface area contributed by atoms with E-state index in [-0.39, 0.29) is 5.91 Å². The minimum absolute atomic E-state index is 0.0898. The van der Waals surface area contributed by atoms with Crippen LogP contribution in [-0.4, -0.2) is 46.7 Å². The van der Waals surface area contributed by atoms with E-state index in [2.05, 4.69) is 26.3 Å². The highest BCUT2D eigenvalue weighted by molar-refractivity contribution is 5.95. The van der Waals surface area contributed by atoms with Gasteiger partial charge in [0, 0.05) is 43.3 Å². The lowest BCUT2D eigenvalue weighted by atomic mass is 10.1. The lowest BCUT2D eigenvalue weighted by Crippen LogP contribution is -2.36. The minimum Gasteiger partial charge on any atom is -0.378 e. The highest BCUT2D eigenvalue weighted by Gasteiger charge is 2.15. The Kier molecular flexibility index (Phi) is 4.53. The van der Waals surface area contributed by atoms with Crippen LogP contribution in [0.5, 0.6) is 0 Å². The van der Waals surface area contributed by atoms with Crippen molar-refractivity contribution in [2.75, 3.05) is 36.5 Å². The molecule has 0 spiro atoms. The van der Waals surface area contributed by atoms with Gasteiger partial charge in [-0.3, -0.25) is 4.79 Å². The first-order valence-corrected chi connectivity index (χ1v) is 8.68. The number of carbonyl (C=O) groups excluding carboxylic acids is 1. The van der Waals surface area contributed by atoms with E-state index in [0.717, 1.165) is 35.4 Å². The van der Waals surface area contributed by atoms with Gasteiger partial charge in [-0.25, -0.2) is 9.97 Å². The van der Waals surface area contributed by atoms with Crippen molar-refractivity contribution in [2.45, 2.75) is 6.42 Å². The van der Waals surface area contributed by atoms with Crippen molar-refractivity contribution in [3.05, 3.63) is 48.4 Å². The predicted octanol–water partition coefficient (Wildman–Crippen LogP) is 1.99. The van der Waals surface area contributed by atoms with E-state index < -0.39 is 0 Å². The Labute approximate surface area is 151 Å². The molecule has 0 bridgehead atoms. The molecule has 2 aromatic heterocycles. The maximum absolute atomic E-state index is 12.5. The summed E-state index contributed by atoms with van der Waals surface area (Å²) in [6.07, 6.45) is 3.79. The zero-order valence-corrected chi connectivity index (χ0v) is 14.7. The molecule has 7 nitrogen and oxygen atoms in total. The summed E-state index contributed by atoms with van der Waals surface area (Å²) >= 11 is 0. The molecule has 4 rings (SSSR count). The van der Waals surface area contributed by atoms with E-state index in [1.165, 1.54) is 6.33 Å². The van der Waals surface area contributed by atoms with Crippen molar-refractivity contribution in [3.63, 3.8) is 0 Å². The molecule has 0 radical (unpaired) electrons. The van der Waals surface area contributed by atoms with Crippen LogP contribution < -0.4 is 10.2 Å². The molecule has 1 aliphatic rings. The van der Waals surface area contributed by atoms with Crippen molar-refractivity contribution in [3.8, 4) is 0 Å². The molecule has 0 atom stereocenters. The summed E-state index contributed by atoms with van der Waals surface area (Å²) in [6, 6.07) is 9.89. The average Bonchev–Trinajstić information content (AvgIpc) is 2.98. The van der Waals surface area contributed by atoms with Crippen LogP contribution in [0.25, 0.3) is 10.9 Å². The van der Waals surface area contributed by atoms with Crippen LogP contribution in [0.1, 0.15) is 5.56 Å². The van der Waals surface area contributed by atoms with E-state index in [4.69, 9.17) is 4.74 Å². The molecule has 1 aromatic carbocycles. The standard InChI is InChI=1S/C19H21N5O2/c1-23-12-14(15-4-2-3-5-16(15)23)10-19(25)22-17-11-18(21-13-20-17)24-6-8-26-9-7-24/h2-5,11-13H,6-10H2,1H3,(H,20,21,22,25). The third-order valence-electron chi connectivity index (χ3n) is 4.59. The number of amides is 1. The zero-order valence-electron chi connectivity index (χ0n) is 14.7. The van der Waals surface area contributed by atoms with Crippen LogP contribution >= 0.6 is 0 Å². The number of morpholine rings is 1. The lowest BCUT2D eigenvalue weighted by Gasteiger charge is -2.27. The number of carbonyl (C=O) groups is 1. The van der Waals surface area contributed by atoms with Crippen molar-refractivity contribution in [2.24, 2.45) is 7.05 Å². The molecule has 3 aromatic rings. The van der Waals surface area contributed by atoms with Crippen LogP contribution in [0.2, 0.25) is 0 Å². The topological polar surface area (TPSA) is 72.3 Å². The molecule has 134 valence electrons. The summed E-state index contributed by atoms with van der Waals surface area (Å²) in [5.74, 6) is 1.24. The van der Waals surface area contributed by atoms with Gasteiger partial charge >= 0.3 is 0 Å². The van der Waals surface area contributed by atoms with E-state index in [1.807, 2.05) is 42.1 Å². The smallest absolute Gasteiger partial charge is 0.230 e. The number of fused-ring (bicyclic) bond motifs is 1. The first kappa shape index (κ1) is 16.5. The normalized spacial score (nSPS) is 14.6. The van der Waals surface area contributed by atoms with Crippen molar-refractivity contribution >= 4 is 28.4 Å². The number of hydrogen-bond donors (Lipinski definition) is 1. The van der Waals surface area contributed by atoms with Gasteiger partial charge in [-0.1, -0.05) is 18.2 Å². The van der Waals surface area contributed by atoms with E-state index in [1.54, 1.807) is 0 Å². The summed E-state index contributed by atoms with van der Waals surface area (Å²) in [5.41, 5.74) is 2.12. The Bertz CT molecular complexity index is 931. The van der Waals surface area contributed by atoms with E-state index in [0.29, 0.717) is 25.5 Å². The van der Waals surface area contributed by atoms with Gasteiger partial charge in [0.05, 0.1) is 19.6 Å². The third-order valence-corrected chi connectivity index (χ3v) is 4.59. The van der Waals surface area contributed by atoms with Crippen molar-refractivity contribution in [1.29, 1.82) is 0 Å². The quantitative estimate of drug-likeness (QED) is 0.778. The van der Waals surface area contributed by atoms with Gasteiger partial charge in [-0.15, -0.1) is 0 Å². The highest BCUT2D eigenvalue weighted by Crippen LogP contribution is 2.21. The summed E-state index contributed by atoms with van der Waals surface area (Å²) in [4.78, 5) is 23.1. The van der Waals surface area contributed by atoms with Gasteiger partial charge in [0.1, 0.15) is 18.0 Å². The number of anilines is 2. The SMILES string of the molecule is Cn1cc(CC(=O)Nc2cc(N3CCOCC3)ncn2)c2ccccc21. The highest BCUT2D eigenvalue weighted by atomic mass is 16.5. The summed E-state index contributed by atoms with van der Waals surface area (Å²) < 4.78 is 7.40. The van der Waals surface area contributed by atoms with E-state index >= 15 is 0 Å². The number of para-hydroxylation sites is 1. The fourth-order valence-corrected chi connectivity index (χ4v) is 3.31. The number of ether oxygens (including phenoxy) is 1. The second-order valence-electron chi connectivity index (χ2n) is 6.37. The van der Waals surface area contributed by atoms with Gasteiger partial charge in [-0.2, -0.15) is 0 Å². The van der Waals surface area contributed by atoms with Crippen LogP contribution in [0.4, 0.5) is 11.6 Å². The Morgan fingerprint density at radius 1 is 1.23 bits per heavy atom. The fraction of sp³-hybridized carbons (Fsp3) is 0.316. The molecule has 0 unspecified atom stereocenters. The van der Waals surface area contributed by atoms with Gasteiger partial charge in [0.15, 0.2) is 0 Å². The number of rotatable bonds is 4. The van der Waals surface area contributed by atoms with Crippen LogP contribution in [-0.2, 0) is 23.0 Å². The first-order valence-electron chi connectivity index (χ1n) is 8.68. The molecule has 7 heteroatoms. The summed E-state index contributed by atoms with van der Waals surface area (Å²) in [5, 5.41) is 3.99. The van der Waals surface area contributed by atoms with Gasteiger partial charge < -0.3 is 19.5 Å². The molecule has 0 aliphatic carbocycles. The lowest BCUT2D eigenvalue weighted by molar-refractivity contribution is -0.115. The van der Waals surface area contributed by atoms with Gasteiger partial charge in [0.25, 0.3) is 0 Å². The zero-order chi connectivity index (χ0) is 17.9. The van der Waals surface area contributed by atoms with Crippen LogP contribution in [0.15, 0.2) is 42.9 Å².